The predicted molar refractivity (Wildman–Crippen MR) is 106 cm³/mol. The first-order valence-corrected chi connectivity index (χ1v) is 9.48. The molecule has 3 atom stereocenters. The van der Waals surface area contributed by atoms with Gasteiger partial charge in [0.2, 0.25) is 5.91 Å². The Kier molecular flexibility index (Phi) is 8.76. The number of nitrogens with one attached hydrogen (secondary N) is 1. The highest BCUT2D eigenvalue weighted by Crippen LogP contribution is 2.20. The molecule has 0 fully saturated rings. The molecular formula is C21H34N2O4. The Hall–Kier alpha value is -2.08. The highest BCUT2D eigenvalue weighted by Gasteiger charge is 2.29. The van der Waals surface area contributed by atoms with Crippen molar-refractivity contribution in [2.45, 2.75) is 71.6 Å². The summed E-state index contributed by atoms with van der Waals surface area (Å²) in [7, 11) is 0. The van der Waals surface area contributed by atoms with E-state index in [2.05, 4.69) is 5.32 Å². The van der Waals surface area contributed by atoms with Crippen LogP contribution in [0.3, 0.4) is 0 Å². The lowest BCUT2D eigenvalue weighted by Gasteiger charge is -2.28. The van der Waals surface area contributed by atoms with Gasteiger partial charge in [0.1, 0.15) is 5.60 Å². The van der Waals surface area contributed by atoms with Crippen LogP contribution < -0.4 is 11.1 Å². The van der Waals surface area contributed by atoms with Crippen molar-refractivity contribution < 1.29 is 19.4 Å². The third-order valence-corrected chi connectivity index (χ3v) is 4.15. The van der Waals surface area contributed by atoms with E-state index in [1.165, 1.54) is 0 Å². The van der Waals surface area contributed by atoms with Gasteiger partial charge in [-0.15, -0.1) is 0 Å². The second kappa shape index (κ2) is 10.3. The molecule has 0 saturated heterocycles. The van der Waals surface area contributed by atoms with Crippen LogP contribution in [0.2, 0.25) is 0 Å². The highest BCUT2D eigenvalue weighted by molar-refractivity contribution is 5.76. The number of benzene rings is 1. The average molecular weight is 379 g/mol. The van der Waals surface area contributed by atoms with Crippen molar-refractivity contribution in [3.8, 4) is 0 Å². The normalized spacial score (nSPS) is 15.1. The van der Waals surface area contributed by atoms with Crippen molar-refractivity contribution in [1.82, 2.24) is 5.32 Å². The van der Waals surface area contributed by atoms with E-state index in [1.54, 1.807) is 20.8 Å². The fourth-order valence-electron chi connectivity index (χ4n) is 2.96. The molecule has 0 aliphatic rings. The third-order valence-electron chi connectivity index (χ3n) is 4.15. The second-order valence-corrected chi connectivity index (χ2v) is 8.47. The lowest BCUT2D eigenvalue weighted by molar-refractivity contribution is -0.123. The van der Waals surface area contributed by atoms with Gasteiger partial charge in [0.25, 0.3) is 0 Å². The molecule has 152 valence electrons. The smallest absolute Gasteiger partial charge is 0.407 e. The van der Waals surface area contributed by atoms with Gasteiger partial charge in [-0.1, -0.05) is 44.2 Å². The standard InChI is InChI=1S/C21H34N2O4/c1-14(2)11-16(19(22)25)13-18(24)17(12-15-9-7-6-8-10-15)23-20(26)27-21(3,4)5/h6-10,14,16-18,24H,11-13H2,1-5H3,(H2,22,25)(H,23,26)/t16-,17+,18-/m1/s1. The Morgan fingerprint density at radius 1 is 1.15 bits per heavy atom. The van der Waals surface area contributed by atoms with Crippen molar-refractivity contribution in [3.63, 3.8) is 0 Å². The summed E-state index contributed by atoms with van der Waals surface area (Å²) in [5.74, 6) is -0.599. The van der Waals surface area contributed by atoms with Crippen LogP contribution in [-0.2, 0) is 16.0 Å². The van der Waals surface area contributed by atoms with E-state index < -0.39 is 35.7 Å². The summed E-state index contributed by atoms with van der Waals surface area (Å²) in [6.45, 7) is 9.34. The lowest BCUT2D eigenvalue weighted by atomic mass is 9.88. The Bertz CT molecular complexity index is 596. The number of amides is 2. The van der Waals surface area contributed by atoms with Crippen molar-refractivity contribution in [2.75, 3.05) is 0 Å². The molecule has 0 aliphatic carbocycles. The topological polar surface area (TPSA) is 102 Å². The zero-order valence-electron chi connectivity index (χ0n) is 17.1. The Labute approximate surface area is 162 Å². The van der Waals surface area contributed by atoms with Crippen LogP contribution in [0.15, 0.2) is 30.3 Å². The lowest BCUT2D eigenvalue weighted by Crippen LogP contribution is -2.48. The van der Waals surface area contributed by atoms with Crippen molar-refractivity contribution in [2.24, 2.45) is 17.6 Å². The third kappa shape index (κ3) is 9.43. The minimum Gasteiger partial charge on any atom is -0.444 e. The van der Waals surface area contributed by atoms with Gasteiger partial charge in [0.05, 0.1) is 12.1 Å². The minimum absolute atomic E-state index is 0.195. The summed E-state index contributed by atoms with van der Waals surface area (Å²) in [6, 6.07) is 8.97. The van der Waals surface area contributed by atoms with Gasteiger partial charge in [0.15, 0.2) is 0 Å². The molecule has 0 aliphatic heterocycles. The number of carbonyl (C=O) groups is 2. The van der Waals surface area contributed by atoms with Crippen LogP contribution in [0.5, 0.6) is 0 Å². The Morgan fingerprint density at radius 3 is 2.22 bits per heavy atom. The van der Waals surface area contributed by atoms with Crippen LogP contribution in [0.4, 0.5) is 4.79 Å². The van der Waals surface area contributed by atoms with E-state index in [0.29, 0.717) is 12.8 Å². The number of primary amides is 1. The molecule has 0 aromatic heterocycles. The van der Waals surface area contributed by atoms with Crippen molar-refractivity contribution >= 4 is 12.0 Å². The molecule has 0 saturated carbocycles. The maximum absolute atomic E-state index is 12.2. The van der Waals surface area contributed by atoms with Crippen molar-refractivity contribution in [3.05, 3.63) is 35.9 Å². The molecule has 4 N–H and O–H groups in total. The zero-order chi connectivity index (χ0) is 20.6. The van der Waals surface area contributed by atoms with Gasteiger partial charge in [-0.2, -0.15) is 0 Å². The van der Waals surface area contributed by atoms with E-state index in [1.807, 2.05) is 44.2 Å². The quantitative estimate of drug-likeness (QED) is 0.615. The molecule has 0 bridgehead atoms. The largest absolute Gasteiger partial charge is 0.444 e. The average Bonchev–Trinajstić information content (AvgIpc) is 2.52. The molecule has 1 rings (SSSR count). The van der Waals surface area contributed by atoms with Crippen LogP contribution in [0.25, 0.3) is 0 Å². The van der Waals surface area contributed by atoms with Gasteiger partial charge in [-0.25, -0.2) is 4.79 Å². The fraction of sp³-hybridized carbons (Fsp3) is 0.619. The number of ether oxygens (including phenoxy) is 1. The fourth-order valence-corrected chi connectivity index (χ4v) is 2.96. The number of nitrogens with two attached hydrogens (primary N) is 1. The van der Waals surface area contributed by atoms with Gasteiger partial charge < -0.3 is 20.9 Å². The van der Waals surface area contributed by atoms with Crippen LogP contribution in [0.1, 0.15) is 53.0 Å². The first kappa shape index (κ1) is 23.0. The van der Waals surface area contributed by atoms with E-state index in [0.717, 1.165) is 5.56 Å². The molecule has 0 unspecified atom stereocenters. The van der Waals surface area contributed by atoms with Crippen LogP contribution in [0, 0.1) is 11.8 Å². The monoisotopic (exact) mass is 378 g/mol. The second-order valence-electron chi connectivity index (χ2n) is 8.47. The Morgan fingerprint density at radius 2 is 1.74 bits per heavy atom. The molecule has 27 heavy (non-hydrogen) atoms. The molecule has 0 radical (unpaired) electrons. The number of aliphatic hydroxyl groups is 1. The predicted octanol–water partition coefficient (Wildman–Crippen LogP) is 3.02. The number of aliphatic hydroxyl groups excluding tert-OH is 1. The SMILES string of the molecule is CC(C)C[C@H](C[C@@H](O)[C@H](Cc1ccccc1)NC(=O)OC(C)(C)C)C(N)=O. The first-order chi connectivity index (χ1) is 12.5. The molecule has 1 aromatic carbocycles. The van der Waals surface area contributed by atoms with Crippen molar-refractivity contribution in [1.29, 1.82) is 0 Å². The van der Waals surface area contributed by atoms with Crippen LogP contribution >= 0.6 is 0 Å². The number of carbonyl (C=O) groups excluding carboxylic acids is 2. The number of rotatable bonds is 9. The van der Waals surface area contributed by atoms with Crippen LogP contribution in [-0.4, -0.2) is 34.9 Å². The summed E-state index contributed by atoms with van der Waals surface area (Å²) >= 11 is 0. The van der Waals surface area contributed by atoms with E-state index in [9.17, 15) is 14.7 Å². The summed E-state index contributed by atoms with van der Waals surface area (Å²) in [4.78, 5) is 24.0. The summed E-state index contributed by atoms with van der Waals surface area (Å²) < 4.78 is 5.32. The van der Waals surface area contributed by atoms with E-state index >= 15 is 0 Å². The van der Waals surface area contributed by atoms with E-state index in [4.69, 9.17) is 10.5 Å². The molecular weight excluding hydrogens is 344 g/mol. The molecule has 2 amide bonds. The number of hydrogen-bond acceptors (Lipinski definition) is 4. The maximum Gasteiger partial charge on any atom is 0.407 e. The molecule has 6 nitrogen and oxygen atoms in total. The number of hydrogen-bond donors (Lipinski definition) is 3. The highest BCUT2D eigenvalue weighted by atomic mass is 16.6. The molecule has 0 heterocycles. The van der Waals surface area contributed by atoms with Gasteiger partial charge in [0, 0.05) is 5.92 Å². The van der Waals surface area contributed by atoms with Gasteiger partial charge in [-0.3, -0.25) is 4.79 Å². The molecule has 6 heteroatoms. The first-order valence-electron chi connectivity index (χ1n) is 9.48. The molecule has 0 spiro atoms. The Balaban J connectivity index is 2.90. The minimum atomic E-state index is -0.922. The number of alkyl carbamates (subject to hydrolysis) is 1. The van der Waals surface area contributed by atoms with Gasteiger partial charge in [-0.05, 0) is 51.5 Å². The summed E-state index contributed by atoms with van der Waals surface area (Å²) in [5.41, 5.74) is 5.84. The zero-order valence-corrected chi connectivity index (χ0v) is 17.1. The summed E-state index contributed by atoms with van der Waals surface area (Å²) in [6.07, 6.45) is -0.303. The summed E-state index contributed by atoms with van der Waals surface area (Å²) in [5, 5.41) is 13.5. The van der Waals surface area contributed by atoms with Gasteiger partial charge >= 0.3 is 6.09 Å². The van der Waals surface area contributed by atoms with E-state index in [-0.39, 0.29) is 12.3 Å². The maximum atomic E-state index is 12.2. The molecule has 1 aromatic rings.